The molecule has 0 radical (unpaired) electrons. The molecule has 26 heavy (non-hydrogen) atoms. The number of benzene rings is 1. The van der Waals surface area contributed by atoms with E-state index in [1.54, 1.807) is 12.1 Å². The Morgan fingerprint density at radius 1 is 1.23 bits per heavy atom. The lowest BCUT2D eigenvalue weighted by molar-refractivity contribution is -0.144. The summed E-state index contributed by atoms with van der Waals surface area (Å²) in [5.74, 6) is -1.85. The molecule has 0 saturated carbocycles. The number of nitrogens with one attached hydrogen (secondary N) is 1. The molecule has 2 N–H and O–H groups in total. The van der Waals surface area contributed by atoms with Crippen molar-refractivity contribution in [3.63, 3.8) is 0 Å². The summed E-state index contributed by atoms with van der Waals surface area (Å²) in [5.41, 5.74) is -0.825. The van der Waals surface area contributed by atoms with Crippen LogP contribution in [0, 0.1) is 6.92 Å². The van der Waals surface area contributed by atoms with Crippen molar-refractivity contribution in [3.8, 4) is 34.2 Å². The van der Waals surface area contributed by atoms with Gasteiger partial charge in [0, 0.05) is 11.6 Å². The van der Waals surface area contributed by atoms with Gasteiger partial charge in [-0.05, 0) is 31.2 Å². The van der Waals surface area contributed by atoms with Crippen molar-refractivity contribution in [2.75, 3.05) is 7.11 Å². The second-order valence-electron chi connectivity index (χ2n) is 5.43. The number of aromatic hydroxyl groups is 1. The van der Waals surface area contributed by atoms with E-state index < -0.39 is 28.9 Å². The largest absolute Gasteiger partial charge is 0.501 e. The molecule has 136 valence electrons. The van der Waals surface area contributed by atoms with Crippen molar-refractivity contribution >= 4 is 0 Å². The number of aromatic nitrogens is 2. The molecule has 9 heteroatoms. The fourth-order valence-corrected chi connectivity index (χ4v) is 2.40. The molecule has 0 bridgehead atoms. The van der Waals surface area contributed by atoms with Gasteiger partial charge in [-0.25, -0.2) is 4.98 Å². The Hall–Kier alpha value is -3.23. The molecule has 0 atom stereocenters. The summed E-state index contributed by atoms with van der Waals surface area (Å²) in [5, 5.41) is 9.99. The van der Waals surface area contributed by atoms with E-state index >= 15 is 0 Å². The molecule has 2 heterocycles. The second kappa shape index (κ2) is 6.25. The van der Waals surface area contributed by atoms with Crippen LogP contribution in [-0.4, -0.2) is 22.2 Å². The van der Waals surface area contributed by atoms with Gasteiger partial charge in [0.1, 0.15) is 22.9 Å². The summed E-state index contributed by atoms with van der Waals surface area (Å²) in [6.45, 7) is 1.44. The first-order chi connectivity index (χ1) is 12.2. The maximum absolute atomic E-state index is 13.1. The van der Waals surface area contributed by atoms with Gasteiger partial charge in [0.25, 0.3) is 0 Å². The van der Waals surface area contributed by atoms with E-state index in [4.69, 9.17) is 9.15 Å². The van der Waals surface area contributed by atoms with Crippen LogP contribution < -0.4 is 10.2 Å². The molecular formula is C17H13F3N2O4. The van der Waals surface area contributed by atoms with Gasteiger partial charge in [-0.3, -0.25) is 4.79 Å². The fraction of sp³-hybridized carbons (Fsp3) is 0.176. The number of ether oxygens (including phenoxy) is 1. The summed E-state index contributed by atoms with van der Waals surface area (Å²) >= 11 is 0. The highest BCUT2D eigenvalue weighted by Gasteiger charge is 2.37. The maximum atomic E-state index is 13.1. The lowest BCUT2D eigenvalue weighted by atomic mass is 10.1. The molecule has 0 spiro atoms. The number of H-pyrrole nitrogens is 1. The SMILES string of the molecule is COc1ccc(-c2nc(C(F)(F)F)[nH]c2-c2oc(C)cc(=O)c2O)cc1. The van der Waals surface area contributed by atoms with Gasteiger partial charge < -0.3 is 19.2 Å². The molecule has 0 amide bonds. The predicted molar refractivity (Wildman–Crippen MR) is 86.0 cm³/mol. The first-order valence-electron chi connectivity index (χ1n) is 7.36. The van der Waals surface area contributed by atoms with E-state index in [9.17, 15) is 23.1 Å². The zero-order valence-electron chi connectivity index (χ0n) is 13.6. The number of aryl methyl sites for hydroxylation is 1. The standard InChI is InChI=1S/C17H13F3N2O4/c1-8-7-11(23)14(24)15(26-8)13-12(21-16(22-13)17(18,19)20)9-3-5-10(25-2)6-4-9/h3-7,24H,1-2H3,(H,21,22). The van der Waals surface area contributed by atoms with Crippen molar-refractivity contribution < 1.29 is 27.4 Å². The van der Waals surface area contributed by atoms with Crippen molar-refractivity contribution in [2.45, 2.75) is 13.1 Å². The summed E-state index contributed by atoms with van der Waals surface area (Å²) in [7, 11) is 1.45. The lowest BCUT2D eigenvalue weighted by Crippen LogP contribution is -2.07. The predicted octanol–water partition coefficient (Wildman–Crippen LogP) is 3.74. The number of alkyl halides is 3. The highest BCUT2D eigenvalue weighted by Crippen LogP contribution is 2.38. The Kier molecular flexibility index (Phi) is 4.23. The molecule has 0 fully saturated rings. The summed E-state index contributed by atoms with van der Waals surface area (Å²) in [4.78, 5) is 17.5. The number of rotatable bonds is 3. The molecule has 0 unspecified atom stereocenters. The monoisotopic (exact) mass is 366 g/mol. The van der Waals surface area contributed by atoms with E-state index in [1.165, 1.54) is 26.2 Å². The number of methoxy groups -OCH3 is 1. The molecule has 3 rings (SSSR count). The van der Waals surface area contributed by atoms with E-state index in [0.717, 1.165) is 6.07 Å². The number of halogens is 3. The number of hydrogen-bond acceptors (Lipinski definition) is 5. The zero-order valence-corrected chi connectivity index (χ0v) is 13.6. The van der Waals surface area contributed by atoms with Crippen LogP contribution in [0.3, 0.4) is 0 Å². The second-order valence-corrected chi connectivity index (χ2v) is 5.43. The molecule has 2 aromatic heterocycles. The third-order valence-corrected chi connectivity index (χ3v) is 3.61. The molecule has 6 nitrogen and oxygen atoms in total. The Bertz CT molecular complexity index is 1000. The van der Waals surface area contributed by atoms with Crippen molar-refractivity contribution in [1.29, 1.82) is 0 Å². The number of hydrogen-bond donors (Lipinski definition) is 2. The maximum Gasteiger partial charge on any atom is 0.449 e. The Morgan fingerprint density at radius 2 is 1.88 bits per heavy atom. The fourth-order valence-electron chi connectivity index (χ4n) is 2.40. The minimum atomic E-state index is -4.75. The normalized spacial score (nSPS) is 11.6. The zero-order chi connectivity index (χ0) is 19.1. The number of imidazole rings is 1. The summed E-state index contributed by atoms with van der Waals surface area (Å²) < 4.78 is 49.7. The smallest absolute Gasteiger partial charge is 0.449 e. The highest BCUT2D eigenvalue weighted by atomic mass is 19.4. The summed E-state index contributed by atoms with van der Waals surface area (Å²) in [6.07, 6.45) is -4.75. The van der Waals surface area contributed by atoms with Gasteiger partial charge in [0.15, 0.2) is 5.76 Å². The van der Waals surface area contributed by atoms with Gasteiger partial charge in [0.2, 0.25) is 17.0 Å². The van der Waals surface area contributed by atoms with Crippen molar-refractivity contribution in [2.24, 2.45) is 0 Å². The number of nitrogens with zero attached hydrogens (tertiary/aromatic N) is 1. The molecule has 0 aliphatic rings. The minimum absolute atomic E-state index is 0.121. The summed E-state index contributed by atoms with van der Waals surface area (Å²) in [6, 6.07) is 7.14. The van der Waals surface area contributed by atoms with Crippen molar-refractivity contribution in [1.82, 2.24) is 9.97 Å². The first-order valence-corrected chi connectivity index (χ1v) is 7.36. The third-order valence-electron chi connectivity index (χ3n) is 3.61. The van der Waals surface area contributed by atoms with Crippen LogP contribution in [0.1, 0.15) is 11.6 Å². The van der Waals surface area contributed by atoms with Gasteiger partial charge in [0.05, 0.1) is 7.11 Å². The Balaban J connectivity index is 2.27. The van der Waals surface area contributed by atoms with Gasteiger partial charge in [-0.2, -0.15) is 13.2 Å². The molecule has 0 aliphatic carbocycles. The van der Waals surface area contributed by atoms with Crippen LogP contribution in [0.2, 0.25) is 0 Å². The van der Waals surface area contributed by atoms with Crippen LogP contribution >= 0.6 is 0 Å². The first kappa shape index (κ1) is 17.6. The minimum Gasteiger partial charge on any atom is -0.501 e. The average molecular weight is 366 g/mol. The average Bonchev–Trinajstić information content (AvgIpc) is 3.03. The van der Waals surface area contributed by atoms with Gasteiger partial charge in [-0.1, -0.05) is 0 Å². The van der Waals surface area contributed by atoms with E-state index in [1.807, 2.05) is 0 Å². The van der Waals surface area contributed by atoms with Crippen LogP contribution in [0.5, 0.6) is 11.5 Å². The van der Waals surface area contributed by atoms with Crippen LogP contribution in [-0.2, 0) is 6.18 Å². The lowest BCUT2D eigenvalue weighted by Gasteiger charge is -2.06. The third kappa shape index (κ3) is 3.15. The topological polar surface area (TPSA) is 88.4 Å². The van der Waals surface area contributed by atoms with Crippen LogP contribution in [0.25, 0.3) is 22.7 Å². The van der Waals surface area contributed by atoms with Crippen LogP contribution in [0.4, 0.5) is 13.2 Å². The van der Waals surface area contributed by atoms with E-state index in [2.05, 4.69) is 9.97 Å². The molecule has 1 aromatic carbocycles. The van der Waals surface area contributed by atoms with Crippen molar-refractivity contribution in [3.05, 3.63) is 52.1 Å². The molecule has 0 saturated heterocycles. The van der Waals surface area contributed by atoms with E-state index in [0.29, 0.717) is 11.3 Å². The molecular weight excluding hydrogens is 353 g/mol. The van der Waals surface area contributed by atoms with Gasteiger partial charge in [-0.15, -0.1) is 0 Å². The quantitative estimate of drug-likeness (QED) is 0.737. The van der Waals surface area contributed by atoms with Crippen LogP contribution in [0.15, 0.2) is 39.5 Å². The van der Waals surface area contributed by atoms with E-state index in [-0.39, 0.29) is 17.1 Å². The molecule has 3 aromatic rings. The Labute approximate surface area is 144 Å². The number of aromatic amines is 1. The highest BCUT2D eigenvalue weighted by molar-refractivity contribution is 5.78. The Morgan fingerprint density at radius 3 is 2.46 bits per heavy atom. The molecule has 0 aliphatic heterocycles. The van der Waals surface area contributed by atoms with Gasteiger partial charge >= 0.3 is 6.18 Å².